The zero-order valence-corrected chi connectivity index (χ0v) is 9.01. The van der Waals surface area contributed by atoms with Gasteiger partial charge in [-0.25, -0.2) is 4.98 Å². The average molecular weight is 248 g/mol. The van der Waals surface area contributed by atoms with Crippen LogP contribution >= 0.6 is 27.5 Å². The summed E-state index contributed by atoms with van der Waals surface area (Å²) >= 11 is 4.99. The van der Waals surface area contributed by atoms with Crippen molar-refractivity contribution < 1.29 is 0 Å². The predicted molar refractivity (Wildman–Crippen MR) is 54.0 cm³/mol. The summed E-state index contributed by atoms with van der Waals surface area (Å²) in [5, 5.41) is 2.17. The molecule has 5 heteroatoms. The summed E-state index contributed by atoms with van der Waals surface area (Å²) in [6, 6.07) is 0. The Morgan fingerprint density at radius 2 is 2.67 bits per heavy atom. The molecular formula is C7H10BrN3S. The lowest BCUT2D eigenvalue weighted by atomic mass is 10.2. The van der Waals surface area contributed by atoms with Crippen molar-refractivity contribution in [2.24, 2.45) is 5.92 Å². The molecule has 3 nitrogen and oxygen atoms in total. The Kier molecular flexibility index (Phi) is 2.60. The molecule has 0 aliphatic carbocycles. The molecule has 0 saturated carbocycles. The third-order valence-corrected chi connectivity index (χ3v) is 3.77. The van der Waals surface area contributed by atoms with Gasteiger partial charge in [-0.1, -0.05) is 15.9 Å². The van der Waals surface area contributed by atoms with Gasteiger partial charge in [-0.2, -0.15) is 4.37 Å². The lowest BCUT2D eigenvalue weighted by Gasteiger charge is -2.12. The highest BCUT2D eigenvalue weighted by atomic mass is 79.9. The van der Waals surface area contributed by atoms with E-state index >= 15 is 0 Å². The van der Waals surface area contributed by atoms with Gasteiger partial charge in [0.25, 0.3) is 0 Å². The van der Waals surface area contributed by atoms with E-state index in [2.05, 4.69) is 30.2 Å². The van der Waals surface area contributed by atoms with Gasteiger partial charge < -0.3 is 4.90 Å². The van der Waals surface area contributed by atoms with Crippen molar-refractivity contribution in [3.8, 4) is 0 Å². The third-order valence-electron chi connectivity index (χ3n) is 2.12. The van der Waals surface area contributed by atoms with Crippen molar-refractivity contribution in [1.82, 2.24) is 9.36 Å². The Morgan fingerprint density at radius 1 is 1.75 bits per heavy atom. The van der Waals surface area contributed by atoms with Crippen molar-refractivity contribution in [3.05, 3.63) is 6.33 Å². The lowest BCUT2D eigenvalue weighted by molar-refractivity contribution is 0.676. The van der Waals surface area contributed by atoms with Gasteiger partial charge in [-0.05, 0) is 12.3 Å². The molecule has 1 unspecified atom stereocenters. The van der Waals surface area contributed by atoms with Crippen LogP contribution in [0.25, 0.3) is 0 Å². The number of anilines is 1. The Labute approximate surface area is 84.1 Å². The maximum Gasteiger partial charge on any atom is 0.204 e. The quantitative estimate of drug-likeness (QED) is 0.747. The number of halogens is 1. The standard InChI is InChI=1S/C7H10BrN3S/c8-3-6-1-2-11(4-6)7-9-5-10-12-7/h5-6H,1-4H2. The highest BCUT2D eigenvalue weighted by Gasteiger charge is 2.23. The van der Waals surface area contributed by atoms with E-state index in [-0.39, 0.29) is 0 Å². The molecule has 0 aromatic carbocycles. The van der Waals surface area contributed by atoms with Crippen molar-refractivity contribution >= 4 is 32.6 Å². The second kappa shape index (κ2) is 3.70. The summed E-state index contributed by atoms with van der Waals surface area (Å²) < 4.78 is 3.99. The second-order valence-corrected chi connectivity index (χ2v) is 4.38. The maximum absolute atomic E-state index is 4.19. The molecule has 1 fully saturated rings. The molecule has 1 aliphatic rings. The Morgan fingerprint density at radius 3 is 3.25 bits per heavy atom. The summed E-state index contributed by atoms with van der Waals surface area (Å²) in [4.78, 5) is 6.49. The summed E-state index contributed by atoms with van der Waals surface area (Å²) in [6.45, 7) is 2.26. The molecule has 1 aliphatic heterocycles. The monoisotopic (exact) mass is 247 g/mol. The fourth-order valence-corrected chi connectivity index (χ4v) is 2.53. The van der Waals surface area contributed by atoms with Crippen LogP contribution in [0.1, 0.15) is 6.42 Å². The highest BCUT2D eigenvalue weighted by Crippen LogP contribution is 2.24. The van der Waals surface area contributed by atoms with Crippen LogP contribution in [0.4, 0.5) is 5.13 Å². The number of hydrogen-bond donors (Lipinski definition) is 0. The van der Waals surface area contributed by atoms with Gasteiger partial charge in [-0.15, -0.1) is 0 Å². The summed E-state index contributed by atoms with van der Waals surface area (Å²) in [6.07, 6.45) is 2.90. The second-order valence-electron chi connectivity index (χ2n) is 2.98. The van der Waals surface area contributed by atoms with Crippen LogP contribution in [-0.2, 0) is 0 Å². The van der Waals surface area contributed by atoms with Gasteiger partial charge in [0.05, 0.1) is 0 Å². The number of alkyl halides is 1. The number of rotatable bonds is 2. The SMILES string of the molecule is BrCC1CCN(c2ncns2)C1. The molecule has 0 bridgehead atoms. The van der Waals surface area contributed by atoms with Crippen molar-refractivity contribution in [2.45, 2.75) is 6.42 Å². The van der Waals surface area contributed by atoms with Gasteiger partial charge in [0.2, 0.25) is 5.13 Å². The Balaban J connectivity index is 2.00. The normalized spacial score (nSPS) is 23.4. The van der Waals surface area contributed by atoms with Gasteiger partial charge in [0.15, 0.2) is 0 Å². The molecule has 0 N–H and O–H groups in total. The van der Waals surface area contributed by atoms with E-state index in [0.29, 0.717) is 0 Å². The fourth-order valence-electron chi connectivity index (χ4n) is 1.44. The van der Waals surface area contributed by atoms with Crippen LogP contribution in [0.15, 0.2) is 6.33 Å². The lowest BCUT2D eigenvalue weighted by Crippen LogP contribution is -2.19. The molecule has 1 saturated heterocycles. The molecule has 2 rings (SSSR count). The molecule has 0 amide bonds. The Bertz CT molecular complexity index is 239. The minimum atomic E-state index is 0.786. The van der Waals surface area contributed by atoms with Crippen LogP contribution in [0.3, 0.4) is 0 Å². The van der Waals surface area contributed by atoms with Crippen LogP contribution in [0.5, 0.6) is 0 Å². The van der Waals surface area contributed by atoms with Crippen molar-refractivity contribution in [2.75, 3.05) is 23.3 Å². The molecule has 0 spiro atoms. The number of nitrogens with zero attached hydrogens (tertiary/aromatic N) is 3. The van der Waals surface area contributed by atoms with Crippen LogP contribution in [0.2, 0.25) is 0 Å². The first-order valence-corrected chi connectivity index (χ1v) is 5.87. The molecule has 2 heterocycles. The van der Waals surface area contributed by atoms with E-state index in [4.69, 9.17) is 0 Å². The fraction of sp³-hybridized carbons (Fsp3) is 0.714. The van der Waals surface area contributed by atoms with Crippen LogP contribution < -0.4 is 4.90 Å². The Hall–Kier alpha value is -0.160. The van der Waals surface area contributed by atoms with Crippen molar-refractivity contribution in [1.29, 1.82) is 0 Å². The first kappa shape index (κ1) is 8.44. The molecule has 1 aromatic heterocycles. The zero-order valence-electron chi connectivity index (χ0n) is 6.61. The van der Waals surface area contributed by atoms with Gasteiger partial charge in [0.1, 0.15) is 6.33 Å². The first-order valence-electron chi connectivity index (χ1n) is 3.97. The minimum Gasteiger partial charge on any atom is -0.347 e. The molecule has 0 radical (unpaired) electrons. The molecule has 1 aromatic rings. The third kappa shape index (κ3) is 1.61. The number of hydrogen-bond acceptors (Lipinski definition) is 4. The smallest absolute Gasteiger partial charge is 0.204 e. The summed E-state index contributed by atoms with van der Waals surface area (Å²) in [5.74, 6) is 0.786. The maximum atomic E-state index is 4.19. The zero-order chi connectivity index (χ0) is 8.39. The van der Waals surface area contributed by atoms with Gasteiger partial charge in [0, 0.05) is 30.0 Å². The molecule has 1 atom stereocenters. The number of aromatic nitrogens is 2. The van der Waals surface area contributed by atoms with Crippen molar-refractivity contribution in [3.63, 3.8) is 0 Å². The van der Waals surface area contributed by atoms with E-state index in [1.54, 1.807) is 6.33 Å². The van der Waals surface area contributed by atoms with E-state index < -0.39 is 0 Å². The average Bonchev–Trinajstić information content (AvgIpc) is 2.75. The molecule has 12 heavy (non-hydrogen) atoms. The van der Waals surface area contributed by atoms with E-state index in [1.807, 2.05) is 0 Å². The molecule has 66 valence electrons. The first-order chi connectivity index (χ1) is 5.90. The van der Waals surface area contributed by atoms with Crippen LogP contribution in [-0.4, -0.2) is 27.8 Å². The highest BCUT2D eigenvalue weighted by molar-refractivity contribution is 9.09. The predicted octanol–water partition coefficient (Wildman–Crippen LogP) is 1.76. The van der Waals surface area contributed by atoms with Crippen LogP contribution in [0, 0.1) is 5.92 Å². The minimum absolute atomic E-state index is 0.786. The summed E-state index contributed by atoms with van der Waals surface area (Å²) in [7, 11) is 0. The largest absolute Gasteiger partial charge is 0.347 e. The van der Waals surface area contributed by atoms with E-state index in [9.17, 15) is 0 Å². The topological polar surface area (TPSA) is 29.0 Å². The van der Waals surface area contributed by atoms with Gasteiger partial charge >= 0.3 is 0 Å². The van der Waals surface area contributed by atoms with E-state index in [1.165, 1.54) is 18.0 Å². The summed E-state index contributed by atoms with van der Waals surface area (Å²) in [5.41, 5.74) is 0. The molecular weight excluding hydrogens is 238 g/mol. The van der Waals surface area contributed by atoms with Gasteiger partial charge in [-0.3, -0.25) is 0 Å². The van der Waals surface area contributed by atoms with E-state index in [0.717, 1.165) is 29.5 Å².